The molecule has 15 heavy (non-hydrogen) atoms. The Balaban J connectivity index is 2.51. The molecular formula is C11H13ClO3. The van der Waals surface area contributed by atoms with E-state index in [1.54, 1.807) is 19.1 Å². The van der Waals surface area contributed by atoms with E-state index in [0.717, 1.165) is 6.42 Å². The number of hydrogen-bond donors (Lipinski definition) is 1. The number of hydrogen-bond acceptors (Lipinski definition) is 3. The van der Waals surface area contributed by atoms with E-state index in [1.165, 1.54) is 0 Å². The summed E-state index contributed by atoms with van der Waals surface area (Å²) in [4.78, 5) is 0. The van der Waals surface area contributed by atoms with Gasteiger partial charge in [0.25, 0.3) is 0 Å². The van der Waals surface area contributed by atoms with Gasteiger partial charge < -0.3 is 14.6 Å². The van der Waals surface area contributed by atoms with E-state index in [4.69, 9.17) is 21.1 Å². The van der Waals surface area contributed by atoms with Gasteiger partial charge in [-0.05, 0) is 19.1 Å². The summed E-state index contributed by atoms with van der Waals surface area (Å²) >= 11 is 6.01. The molecule has 0 radical (unpaired) electrons. The molecule has 0 spiro atoms. The lowest BCUT2D eigenvalue weighted by Gasteiger charge is -2.15. The maximum atomic E-state index is 9.63. The molecular weight excluding hydrogens is 216 g/mol. The van der Waals surface area contributed by atoms with Gasteiger partial charge in [-0.2, -0.15) is 0 Å². The summed E-state index contributed by atoms with van der Waals surface area (Å²) in [5, 5.41) is 10.1. The molecule has 1 unspecified atom stereocenters. The van der Waals surface area contributed by atoms with Gasteiger partial charge in [0.2, 0.25) is 0 Å². The van der Waals surface area contributed by atoms with Crippen LogP contribution in [-0.2, 0) is 0 Å². The molecule has 0 fully saturated rings. The first kappa shape index (κ1) is 10.6. The van der Waals surface area contributed by atoms with Gasteiger partial charge in [-0.25, -0.2) is 0 Å². The van der Waals surface area contributed by atoms with Gasteiger partial charge in [-0.3, -0.25) is 0 Å². The average Bonchev–Trinajstić information content (AvgIpc) is 2.41. The lowest BCUT2D eigenvalue weighted by Crippen LogP contribution is -2.01. The fraction of sp³-hybridized carbons (Fsp3) is 0.455. The molecule has 1 aliphatic rings. The van der Waals surface area contributed by atoms with Crippen molar-refractivity contribution in [1.29, 1.82) is 0 Å². The number of benzene rings is 1. The van der Waals surface area contributed by atoms with E-state index >= 15 is 0 Å². The second-order valence-corrected chi connectivity index (χ2v) is 3.92. The summed E-state index contributed by atoms with van der Waals surface area (Å²) in [7, 11) is 0. The molecule has 82 valence electrons. The van der Waals surface area contributed by atoms with Crippen LogP contribution in [0.2, 0.25) is 5.02 Å². The van der Waals surface area contributed by atoms with E-state index < -0.39 is 6.10 Å². The van der Waals surface area contributed by atoms with Gasteiger partial charge in [0, 0.05) is 12.0 Å². The first-order valence-electron chi connectivity index (χ1n) is 4.96. The molecule has 0 aromatic heterocycles. The lowest BCUT2D eigenvalue weighted by molar-refractivity contribution is 0.191. The fourth-order valence-electron chi connectivity index (χ4n) is 1.62. The summed E-state index contributed by atoms with van der Waals surface area (Å²) in [6.45, 7) is 2.89. The van der Waals surface area contributed by atoms with Gasteiger partial charge in [0.05, 0.1) is 24.3 Å². The Morgan fingerprint density at radius 3 is 2.80 bits per heavy atom. The number of aliphatic hydroxyl groups is 1. The molecule has 1 atom stereocenters. The van der Waals surface area contributed by atoms with Crippen LogP contribution in [0.1, 0.15) is 25.0 Å². The summed E-state index contributed by atoms with van der Waals surface area (Å²) < 4.78 is 11.1. The quantitative estimate of drug-likeness (QED) is 0.803. The summed E-state index contributed by atoms with van der Waals surface area (Å²) in [5.74, 6) is 1.24. The zero-order valence-electron chi connectivity index (χ0n) is 8.50. The Kier molecular flexibility index (Phi) is 3.03. The highest BCUT2D eigenvalue weighted by molar-refractivity contribution is 6.31. The molecule has 0 amide bonds. The summed E-state index contributed by atoms with van der Waals surface area (Å²) in [5.41, 5.74) is 0.607. The van der Waals surface area contributed by atoms with Crippen molar-refractivity contribution in [2.75, 3.05) is 13.2 Å². The highest BCUT2D eigenvalue weighted by atomic mass is 35.5. The molecule has 0 saturated heterocycles. The monoisotopic (exact) mass is 228 g/mol. The smallest absolute Gasteiger partial charge is 0.168 e. The van der Waals surface area contributed by atoms with Crippen molar-refractivity contribution in [2.24, 2.45) is 0 Å². The van der Waals surface area contributed by atoms with Crippen molar-refractivity contribution >= 4 is 11.6 Å². The SMILES string of the molecule is CC(O)c1c(Cl)ccc2c1OCCCO2. The largest absolute Gasteiger partial charge is 0.490 e. The molecule has 2 rings (SSSR count). The Morgan fingerprint density at radius 2 is 2.07 bits per heavy atom. The van der Waals surface area contributed by atoms with Crippen LogP contribution in [-0.4, -0.2) is 18.3 Å². The number of halogens is 1. The van der Waals surface area contributed by atoms with Crippen LogP contribution >= 0.6 is 11.6 Å². The van der Waals surface area contributed by atoms with E-state index in [-0.39, 0.29) is 0 Å². The fourth-order valence-corrected chi connectivity index (χ4v) is 1.93. The van der Waals surface area contributed by atoms with Crippen molar-refractivity contribution in [2.45, 2.75) is 19.4 Å². The van der Waals surface area contributed by atoms with Crippen molar-refractivity contribution < 1.29 is 14.6 Å². The van der Waals surface area contributed by atoms with Crippen molar-refractivity contribution in [3.63, 3.8) is 0 Å². The first-order chi connectivity index (χ1) is 7.20. The van der Waals surface area contributed by atoms with Crippen LogP contribution in [0.15, 0.2) is 12.1 Å². The highest BCUT2D eigenvalue weighted by Crippen LogP contribution is 2.40. The molecule has 1 aromatic rings. The summed E-state index contributed by atoms with van der Waals surface area (Å²) in [6.07, 6.45) is 0.181. The minimum absolute atomic E-state index is 0.509. The zero-order chi connectivity index (χ0) is 10.8. The minimum Gasteiger partial charge on any atom is -0.490 e. The van der Waals surface area contributed by atoms with Crippen LogP contribution in [0.4, 0.5) is 0 Å². The predicted molar refractivity (Wildman–Crippen MR) is 57.7 cm³/mol. The maximum absolute atomic E-state index is 9.63. The normalized spacial score (nSPS) is 17.0. The van der Waals surface area contributed by atoms with E-state index in [0.29, 0.717) is 35.3 Å². The molecule has 1 heterocycles. The Bertz CT molecular complexity index is 363. The van der Waals surface area contributed by atoms with Crippen LogP contribution in [0.3, 0.4) is 0 Å². The maximum Gasteiger partial charge on any atom is 0.168 e. The van der Waals surface area contributed by atoms with Crippen molar-refractivity contribution in [1.82, 2.24) is 0 Å². The molecule has 3 nitrogen and oxygen atoms in total. The molecule has 4 heteroatoms. The van der Waals surface area contributed by atoms with Crippen molar-refractivity contribution in [3.8, 4) is 11.5 Å². The molecule has 0 aliphatic carbocycles. The van der Waals surface area contributed by atoms with Crippen LogP contribution in [0.5, 0.6) is 11.5 Å². The van der Waals surface area contributed by atoms with E-state index in [2.05, 4.69) is 0 Å². The zero-order valence-corrected chi connectivity index (χ0v) is 9.25. The van der Waals surface area contributed by atoms with Gasteiger partial charge in [-0.15, -0.1) is 0 Å². The topological polar surface area (TPSA) is 38.7 Å². The van der Waals surface area contributed by atoms with Gasteiger partial charge in [-0.1, -0.05) is 11.6 Å². The first-order valence-corrected chi connectivity index (χ1v) is 5.34. The number of rotatable bonds is 1. The van der Waals surface area contributed by atoms with Gasteiger partial charge >= 0.3 is 0 Å². The second-order valence-electron chi connectivity index (χ2n) is 3.51. The van der Waals surface area contributed by atoms with Gasteiger partial charge in [0.1, 0.15) is 0 Å². The Labute approximate surface area is 93.6 Å². The van der Waals surface area contributed by atoms with E-state index in [1.807, 2.05) is 0 Å². The average molecular weight is 229 g/mol. The third-order valence-electron chi connectivity index (χ3n) is 2.32. The van der Waals surface area contributed by atoms with Crippen molar-refractivity contribution in [3.05, 3.63) is 22.7 Å². The number of ether oxygens (including phenoxy) is 2. The van der Waals surface area contributed by atoms with Gasteiger partial charge in [0.15, 0.2) is 11.5 Å². The third kappa shape index (κ3) is 2.03. The molecule has 1 N–H and O–H groups in total. The Hall–Kier alpha value is -0.930. The minimum atomic E-state index is -0.658. The van der Waals surface area contributed by atoms with E-state index in [9.17, 15) is 5.11 Å². The van der Waals surface area contributed by atoms with Crippen LogP contribution in [0, 0.1) is 0 Å². The molecule has 1 aromatic carbocycles. The standard InChI is InChI=1S/C11H13ClO3/c1-7(13)10-8(12)3-4-9-11(10)15-6-2-5-14-9/h3-4,7,13H,2,5-6H2,1H3. The second kappa shape index (κ2) is 4.29. The summed E-state index contributed by atoms with van der Waals surface area (Å²) in [6, 6.07) is 3.49. The lowest BCUT2D eigenvalue weighted by atomic mass is 10.1. The van der Waals surface area contributed by atoms with Crippen LogP contribution in [0.25, 0.3) is 0 Å². The molecule has 1 aliphatic heterocycles. The number of aliphatic hydroxyl groups excluding tert-OH is 1. The molecule has 0 saturated carbocycles. The third-order valence-corrected chi connectivity index (χ3v) is 2.65. The predicted octanol–water partition coefficient (Wildman–Crippen LogP) is 2.55. The highest BCUT2D eigenvalue weighted by Gasteiger charge is 2.20. The molecule has 0 bridgehead atoms. The Morgan fingerprint density at radius 1 is 1.33 bits per heavy atom. The number of fused-ring (bicyclic) bond motifs is 1. The van der Waals surface area contributed by atoms with Crippen LogP contribution < -0.4 is 9.47 Å².